The van der Waals surface area contributed by atoms with Gasteiger partial charge in [0.05, 0.1) is 6.67 Å². The van der Waals surface area contributed by atoms with Gasteiger partial charge in [0.2, 0.25) is 11.9 Å². The molecule has 1 amide bonds. The predicted molar refractivity (Wildman–Crippen MR) is 89.6 cm³/mol. The number of amides is 1. The maximum Gasteiger partial charge on any atom is 0.277 e. The Labute approximate surface area is 137 Å². The average Bonchev–Trinajstić information content (AvgIpc) is 3.19. The van der Waals surface area contributed by atoms with Crippen LogP contribution in [0.4, 0.5) is 17.5 Å². The highest BCUT2D eigenvalue weighted by molar-refractivity contribution is 5.77. The lowest BCUT2D eigenvalue weighted by molar-refractivity contribution is -0.120. The minimum absolute atomic E-state index is 0.0410. The molecule has 0 spiro atoms. The van der Waals surface area contributed by atoms with Crippen molar-refractivity contribution in [3.05, 3.63) is 28.6 Å². The number of aromatic nitrogens is 4. The van der Waals surface area contributed by atoms with Crippen molar-refractivity contribution >= 4 is 23.4 Å². The van der Waals surface area contributed by atoms with Crippen LogP contribution in [0.25, 0.3) is 0 Å². The molecule has 2 aromatic rings. The Morgan fingerprint density at radius 1 is 1.46 bits per heavy atom. The van der Waals surface area contributed by atoms with Crippen molar-refractivity contribution in [2.45, 2.75) is 19.3 Å². The number of nitrogen functional groups attached to an aromatic ring is 1. The van der Waals surface area contributed by atoms with Crippen molar-refractivity contribution < 1.29 is 4.79 Å². The van der Waals surface area contributed by atoms with Crippen molar-refractivity contribution in [2.75, 3.05) is 35.7 Å². The van der Waals surface area contributed by atoms with Gasteiger partial charge in [0.25, 0.3) is 5.56 Å². The maximum atomic E-state index is 11.9. The number of carbonyl (C=O) groups is 1. The molecule has 0 saturated carbocycles. The first-order valence-electron chi connectivity index (χ1n) is 7.77. The summed E-state index contributed by atoms with van der Waals surface area (Å²) in [5.74, 6) is 1.43. The van der Waals surface area contributed by atoms with Crippen LogP contribution >= 0.6 is 0 Å². The van der Waals surface area contributed by atoms with Crippen LogP contribution in [0, 0.1) is 0 Å². The number of carbonyl (C=O) groups excluding carboxylic acids is 1. The summed E-state index contributed by atoms with van der Waals surface area (Å²) >= 11 is 0. The molecule has 10 nitrogen and oxygen atoms in total. The van der Waals surface area contributed by atoms with Gasteiger partial charge in [-0.2, -0.15) is 4.98 Å². The highest BCUT2D eigenvalue weighted by Gasteiger charge is 2.23. The fourth-order valence-electron chi connectivity index (χ4n) is 2.54. The number of hydrogen-bond acceptors (Lipinski definition) is 7. The van der Waals surface area contributed by atoms with Gasteiger partial charge in [0.1, 0.15) is 11.5 Å². The Balaban J connectivity index is 1.42. The first kappa shape index (κ1) is 15.8. The molecule has 0 aromatic carbocycles. The molecule has 0 aliphatic carbocycles. The van der Waals surface area contributed by atoms with E-state index in [9.17, 15) is 9.59 Å². The van der Waals surface area contributed by atoms with Crippen LogP contribution in [0.2, 0.25) is 0 Å². The van der Waals surface area contributed by atoms with E-state index >= 15 is 0 Å². The lowest BCUT2D eigenvalue weighted by Crippen LogP contribution is -2.31. The van der Waals surface area contributed by atoms with Gasteiger partial charge in [-0.15, -0.1) is 0 Å². The minimum atomic E-state index is -0.303. The smallest absolute Gasteiger partial charge is 0.277 e. The number of aromatic amines is 2. The first-order chi connectivity index (χ1) is 11.6. The quantitative estimate of drug-likeness (QED) is 0.426. The Hall–Kier alpha value is -3.04. The minimum Gasteiger partial charge on any atom is -0.369 e. The van der Waals surface area contributed by atoms with Crippen LogP contribution in [-0.2, 0) is 11.2 Å². The van der Waals surface area contributed by atoms with E-state index in [1.165, 1.54) is 0 Å². The van der Waals surface area contributed by atoms with Crippen LogP contribution in [0.5, 0.6) is 0 Å². The summed E-state index contributed by atoms with van der Waals surface area (Å²) in [6.45, 7) is 1.49. The summed E-state index contributed by atoms with van der Waals surface area (Å²) in [7, 11) is 0. The van der Waals surface area contributed by atoms with Gasteiger partial charge in [-0.25, -0.2) is 4.98 Å². The molecule has 0 fully saturated rings. The highest BCUT2D eigenvalue weighted by Crippen LogP contribution is 2.25. The Kier molecular flexibility index (Phi) is 4.64. The van der Waals surface area contributed by atoms with E-state index in [0.29, 0.717) is 37.7 Å². The maximum absolute atomic E-state index is 11.9. The van der Waals surface area contributed by atoms with Crippen molar-refractivity contribution in [1.29, 1.82) is 0 Å². The third kappa shape index (κ3) is 3.65. The number of hydrogen-bond donors (Lipinski definition) is 5. The van der Waals surface area contributed by atoms with Crippen LogP contribution in [-0.4, -0.2) is 45.6 Å². The summed E-state index contributed by atoms with van der Waals surface area (Å²) in [6.07, 6.45) is 5.42. The molecule has 0 atom stereocenters. The molecule has 3 heterocycles. The predicted octanol–water partition coefficient (Wildman–Crippen LogP) is -0.596. The number of imidazole rings is 1. The van der Waals surface area contributed by atoms with E-state index in [0.717, 1.165) is 18.7 Å². The van der Waals surface area contributed by atoms with Gasteiger partial charge in [-0.3, -0.25) is 14.6 Å². The number of nitrogens with two attached hydrogens (primary N) is 1. The largest absolute Gasteiger partial charge is 0.369 e. The number of anilines is 3. The molecule has 1 aliphatic rings. The van der Waals surface area contributed by atoms with Gasteiger partial charge in [-0.05, 0) is 6.42 Å². The zero-order valence-corrected chi connectivity index (χ0v) is 13.1. The Morgan fingerprint density at radius 2 is 2.33 bits per heavy atom. The van der Waals surface area contributed by atoms with Crippen LogP contribution < -0.4 is 26.8 Å². The number of nitrogens with zero attached hydrogens (tertiary/aromatic N) is 3. The molecule has 0 saturated heterocycles. The highest BCUT2D eigenvalue weighted by atomic mass is 16.1. The summed E-state index contributed by atoms with van der Waals surface area (Å²) in [4.78, 5) is 39.2. The lowest BCUT2D eigenvalue weighted by Gasteiger charge is -2.16. The van der Waals surface area contributed by atoms with Crippen molar-refractivity contribution in [1.82, 2.24) is 25.3 Å². The van der Waals surface area contributed by atoms with Gasteiger partial charge < -0.3 is 26.3 Å². The number of aryl methyl sites for hydroxylation is 1. The molecule has 3 rings (SSSR count). The molecule has 1 aliphatic heterocycles. The molecule has 2 aromatic heterocycles. The van der Waals surface area contributed by atoms with E-state index in [4.69, 9.17) is 5.73 Å². The van der Waals surface area contributed by atoms with Gasteiger partial charge in [-0.1, -0.05) is 0 Å². The Bertz CT molecular complexity index is 755. The SMILES string of the molecule is Nc1nc2c(c(=O)[nH]1)NCN2CCC(=O)NCCCc1ncc[nH]1. The molecule has 0 bridgehead atoms. The summed E-state index contributed by atoms with van der Waals surface area (Å²) in [5, 5.41) is 5.83. The van der Waals surface area contributed by atoms with E-state index in [2.05, 4.69) is 30.6 Å². The molecule has 128 valence electrons. The molecule has 24 heavy (non-hydrogen) atoms. The van der Waals surface area contributed by atoms with Gasteiger partial charge >= 0.3 is 0 Å². The van der Waals surface area contributed by atoms with E-state index in [-0.39, 0.29) is 17.4 Å². The summed E-state index contributed by atoms with van der Waals surface area (Å²) in [5.41, 5.74) is 5.65. The number of nitrogens with one attached hydrogen (secondary N) is 4. The van der Waals surface area contributed by atoms with E-state index < -0.39 is 0 Å². The number of H-pyrrole nitrogens is 2. The fourth-order valence-corrected chi connectivity index (χ4v) is 2.54. The molecule has 10 heteroatoms. The normalized spacial score (nSPS) is 12.8. The fraction of sp³-hybridized carbons (Fsp3) is 0.429. The molecular formula is C14H20N8O2. The average molecular weight is 332 g/mol. The second-order valence-electron chi connectivity index (χ2n) is 5.49. The zero-order valence-electron chi connectivity index (χ0n) is 13.1. The lowest BCUT2D eigenvalue weighted by atomic mass is 10.3. The third-order valence-electron chi connectivity index (χ3n) is 3.74. The van der Waals surface area contributed by atoms with Crippen LogP contribution in [0.3, 0.4) is 0 Å². The van der Waals surface area contributed by atoms with Gasteiger partial charge in [0, 0.05) is 38.3 Å². The molecular weight excluding hydrogens is 312 g/mol. The van der Waals surface area contributed by atoms with Crippen molar-refractivity contribution in [3.63, 3.8) is 0 Å². The van der Waals surface area contributed by atoms with Gasteiger partial charge in [0.15, 0.2) is 5.82 Å². The van der Waals surface area contributed by atoms with Crippen molar-refractivity contribution in [3.8, 4) is 0 Å². The van der Waals surface area contributed by atoms with Crippen LogP contribution in [0.1, 0.15) is 18.7 Å². The van der Waals surface area contributed by atoms with E-state index in [1.54, 1.807) is 12.4 Å². The topological polar surface area (TPSA) is 145 Å². The molecule has 0 unspecified atom stereocenters. The van der Waals surface area contributed by atoms with E-state index in [1.807, 2.05) is 4.90 Å². The monoisotopic (exact) mass is 332 g/mol. The summed E-state index contributed by atoms with van der Waals surface area (Å²) in [6, 6.07) is 0. The standard InChI is InChI=1S/C14H20N8O2/c15-14-20-12-11(13(24)21-14)19-8-22(12)7-3-10(23)18-4-1-2-9-16-5-6-17-9/h5-6,19H,1-4,7-8H2,(H,16,17)(H,18,23)(H3,15,20,21,24). The number of rotatable bonds is 7. The molecule has 0 radical (unpaired) electrons. The Morgan fingerprint density at radius 3 is 3.12 bits per heavy atom. The first-order valence-corrected chi connectivity index (χ1v) is 7.77. The van der Waals surface area contributed by atoms with Crippen molar-refractivity contribution in [2.24, 2.45) is 0 Å². The zero-order chi connectivity index (χ0) is 16.9. The van der Waals surface area contributed by atoms with Crippen LogP contribution in [0.15, 0.2) is 17.2 Å². The third-order valence-corrected chi connectivity index (χ3v) is 3.74. The number of fused-ring (bicyclic) bond motifs is 1. The summed E-state index contributed by atoms with van der Waals surface area (Å²) < 4.78 is 0. The second-order valence-corrected chi connectivity index (χ2v) is 5.49. The second kappa shape index (κ2) is 7.02. The molecule has 6 N–H and O–H groups in total.